The van der Waals surface area contributed by atoms with Crippen molar-refractivity contribution in [2.75, 3.05) is 113 Å². The molecule has 4 aromatic heterocycles. The monoisotopic (exact) mass is 1800 g/mol. The minimum absolute atomic E-state index is 0.0526. The smallest absolute Gasteiger partial charge is 0.373 e. The molecule has 0 saturated carbocycles. The minimum Gasteiger partial charge on any atom is -0.493 e. The van der Waals surface area contributed by atoms with Crippen LogP contribution >= 0.6 is 0 Å². The lowest BCUT2D eigenvalue weighted by Gasteiger charge is -2.25. The maximum absolute atomic E-state index is 13.1. The zero-order valence-corrected chi connectivity index (χ0v) is 79.0. The predicted molar refractivity (Wildman–Crippen MR) is 493 cm³/mol. The van der Waals surface area contributed by atoms with Crippen LogP contribution in [0.15, 0.2) is 146 Å². The second kappa shape index (κ2) is 58.8. The molecule has 0 spiro atoms. The van der Waals surface area contributed by atoms with Gasteiger partial charge in [-0.1, -0.05) is 115 Å². The van der Waals surface area contributed by atoms with E-state index in [0.717, 1.165) is 157 Å². The van der Waals surface area contributed by atoms with Crippen molar-refractivity contribution in [3.8, 4) is 64.6 Å². The molecular formula is C103H122N10O19. The second-order valence-corrected chi connectivity index (χ2v) is 34.7. The van der Waals surface area contributed by atoms with Crippen molar-refractivity contribution in [1.29, 1.82) is 0 Å². The molecule has 0 radical (unpaired) electrons. The third-order valence-electron chi connectivity index (χ3n) is 18.2. The van der Waals surface area contributed by atoms with Gasteiger partial charge in [-0.05, 0) is 218 Å². The molecule has 6 heterocycles. The van der Waals surface area contributed by atoms with Gasteiger partial charge in [-0.2, -0.15) is 38.4 Å². The molecule has 2 aliphatic rings. The number of hydrogen-bond donors (Lipinski definition) is 3. The summed E-state index contributed by atoms with van der Waals surface area (Å²) < 4.78 is 38.3. The molecule has 2 fully saturated rings. The molecule has 4 aromatic carbocycles. The van der Waals surface area contributed by atoms with Gasteiger partial charge in [0.25, 0.3) is 0 Å². The van der Waals surface area contributed by atoms with Crippen LogP contribution in [-0.4, -0.2) is 207 Å². The number of nitrogens with one attached hydrogen (secondary N) is 3. The molecule has 0 bridgehead atoms. The standard InChI is InChI=1S/C68H78N6O7.C25H29NO4.C6H15N3.4CO2/c1-49-37-54(16-13-51-21-27-61(28-22-51)79-47-66(3,4)5)39-57(69-49)43-72-31-32-73(44-58-40-55(38-50(2)70-58)17-14-52-23-29-62(30-24-52)80-48-67(6,7)8)34-36-74(35-33-72)45-59-41-56(42-63(71-59)65(76)77-12)18-15-53-19-25-60(26-20-53)78-46-64(75)81-68(9,10)11;1-7-21-15-19(16-22(26-21)24(28)29-6)9-8-18-10-12-20(13-11-18)17(2)14-23(27)30-25(3,4)5;1-2-8-5-6-9-4-3-7-1;4*2-1-3/h19-30,37-42H,31-36,43-48H2,1-12H3;10-13,15-17H,7,14H2,1-6H3;7-9H,1-6H2;;;;. The summed E-state index contributed by atoms with van der Waals surface area (Å²) in [7, 11) is 2.68. The molecule has 8 aromatic rings. The van der Waals surface area contributed by atoms with E-state index >= 15 is 0 Å². The number of aromatic nitrogens is 4. The van der Waals surface area contributed by atoms with Gasteiger partial charge in [-0.15, -0.1) is 0 Å². The molecule has 2 saturated heterocycles. The van der Waals surface area contributed by atoms with Gasteiger partial charge >= 0.3 is 48.5 Å². The number of ether oxygens (including phenoxy) is 7. The summed E-state index contributed by atoms with van der Waals surface area (Å²) in [5, 5.41) is 9.91. The zero-order valence-electron chi connectivity index (χ0n) is 79.0. The number of pyridine rings is 4. The van der Waals surface area contributed by atoms with Gasteiger partial charge in [-0.3, -0.25) is 29.5 Å². The Morgan fingerprint density at radius 2 is 0.644 bits per heavy atom. The topological polar surface area (TPSA) is 367 Å². The van der Waals surface area contributed by atoms with Gasteiger partial charge < -0.3 is 49.1 Å². The first-order valence-electron chi connectivity index (χ1n) is 42.9. The predicted octanol–water partition coefficient (Wildman–Crippen LogP) is 12.0. The molecule has 1 atom stereocenters. The Labute approximate surface area is 775 Å². The maximum Gasteiger partial charge on any atom is 0.373 e. The van der Waals surface area contributed by atoms with Crippen LogP contribution < -0.4 is 30.2 Å². The van der Waals surface area contributed by atoms with Crippen molar-refractivity contribution in [3.63, 3.8) is 0 Å². The first kappa shape index (κ1) is 111. The van der Waals surface area contributed by atoms with Crippen LogP contribution in [0.4, 0.5) is 0 Å². The lowest BCUT2D eigenvalue weighted by Crippen LogP contribution is -2.36. The van der Waals surface area contributed by atoms with E-state index in [2.05, 4.69) is 137 Å². The number of benzene rings is 4. The molecule has 0 amide bonds. The Balaban J connectivity index is 0.000000579. The van der Waals surface area contributed by atoms with Crippen LogP contribution in [0.1, 0.15) is 214 Å². The van der Waals surface area contributed by atoms with Crippen LogP contribution in [0.3, 0.4) is 0 Å². The van der Waals surface area contributed by atoms with Gasteiger partial charge in [0.05, 0.1) is 50.9 Å². The number of aryl methyl sites for hydroxylation is 3. The summed E-state index contributed by atoms with van der Waals surface area (Å²) in [6.45, 7) is 45.8. The average molecular weight is 1800 g/mol. The Kier molecular flexibility index (Phi) is 49.2. The number of esters is 4. The highest BCUT2D eigenvalue weighted by Crippen LogP contribution is 2.25. The number of hydrogen-bond acceptors (Lipinski definition) is 29. The molecule has 132 heavy (non-hydrogen) atoms. The van der Waals surface area contributed by atoms with E-state index in [1.54, 1.807) is 24.3 Å². The van der Waals surface area contributed by atoms with E-state index in [-0.39, 0.29) is 65.3 Å². The summed E-state index contributed by atoms with van der Waals surface area (Å²) >= 11 is 0. The largest absolute Gasteiger partial charge is 0.493 e. The number of nitrogens with zero attached hydrogens (tertiary/aromatic N) is 7. The number of carbonyl (C=O) groups is 4. The lowest BCUT2D eigenvalue weighted by molar-refractivity contribution is -0.193. The van der Waals surface area contributed by atoms with E-state index in [4.69, 9.17) is 86.5 Å². The fourth-order valence-corrected chi connectivity index (χ4v) is 12.3. The van der Waals surface area contributed by atoms with Gasteiger partial charge in [0.2, 0.25) is 0 Å². The van der Waals surface area contributed by atoms with Crippen molar-refractivity contribution in [1.82, 2.24) is 50.6 Å². The Bertz CT molecular complexity index is 5190. The lowest BCUT2D eigenvalue weighted by atomic mass is 9.96. The van der Waals surface area contributed by atoms with Crippen LogP contribution in [0.25, 0.3) is 0 Å². The third kappa shape index (κ3) is 48.1. The highest BCUT2D eigenvalue weighted by atomic mass is 16.6. The normalized spacial score (nSPS) is 12.9. The van der Waals surface area contributed by atoms with E-state index in [1.165, 1.54) is 14.2 Å². The van der Waals surface area contributed by atoms with Crippen LogP contribution in [0.5, 0.6) is 17.2 Å². The summed E-state index contributed by atoms with van der Waals surface area (Å²) in [5.41, 5.74) is 12.2. The Morgan fingerprint density at radius 3 is 0.947 bits per heavy atom. The van der Waals surface area contributed by atoms with Crippen molar-refractivity contribution in [3.05, 3.63) is 241 Å². The molecular weight excluding hydrogens is 1680 g/mol. The highest BCUT2D eigenvalue weighted by Gasteiger charge is 2.24. The minimum atomic E-state index is -0.602. The second-order valence-electron chi connectivity index (χ2n) is 34.7. The van der Waals surface area contributed by atoms with Gasteiger partial charge in [0.15, 0.2) is 6.61 Å². The van der Waals surface area contributed by atoms with E-state index in [1.807, 2.05) is 178 Å². The van der Waals surface area contributed by atoms with Crippen LogP contribution in [0, 0.1) is 72.0 Å². The van der Waals surface area contributed by atoms with Crippen LogP contribution in [0.2, 0.25) is 0 Å². The molecule has 0 aliphatic carbocycles. The summed E-state index contributed by atoms with van der Waals surface area (Å²) in [4.78, 5) is 140. The molecule has 2 aliphatic heterocycles. The first-order valence-corrected chi connectivity index (χ1v) is 42.9. The quantitative estimate of drug-likeness (QED) is 0.0384. The fourth-order valence-electron chi connectivity index (χ4n) is 12.3. The molecule has 29 nitrogen and oxygen atoms in total. The number of carbonyl (C=O) groups excluding carboxylic acids is 12. The summed E-state index contributed by atoms with van der Waals surface area (Å²) in [6.07, 6.45) is 2.03. The number of methoxy groups -OCH3 is 2. The first-order chi connectivity index (χ1) is 62.7. The molecule has 10 rings (SSSR count). The average Bonchev–Trinajstić information content (AvgIpc) is 1.17. The van der Waals surface area contributed by atoms with Crippen LogP contribution in [-0.2, 0) is 92.9 Å². The van der Waals surface area contributed by atoms with E-state index < -0.39 is 29.1 Å². The summed E-state index contributed by atoms with van der Waals surface area (Å²) in [5.74, 6) is 26.7. The fraction of sp³-hybridized carbons (Fsp3) is 0.417. The highest BCUT2D eigenvalue weighted by molar-refractivity contribution is 5.88. The number of rotatable bonds is 19. The van der Waals surface area contributed by atoms with Crippen molar-refractivity contribution < 1.29 is 90.7 Å². The molecule has 3 N–H and O–H groups in total. The molecule has 29 heteroatoms. The maximum atomic E-state index is 13.1. The Morgan fingerprint density at radius 1 is 0.371 bits per heavy atom. The Hall–Kier alpha value is -13.7. The molecule has 1 unspecified atom stereocenters. The third-order valence-corrected chi connectivity index (χ3v) is 18.2. The van der Waals surface area contributed by atoms with Gasteiger partial charge in [-0.25, -0.2) is 24.4 Å². The van der Waals surface area contributed by atoms with Gasteiger partial charge in [0, 0.05) is 160 Å². The summed E-state index contributed by atoms with van der Waals surface area (Å²) in [6, 6.07) is 46.2. The zero-order chi connectivity index (χ0) is 97.7. The van der Waals surface area contributed by atoms with Crippen molar-refractivity contribution >= 4 is 48.5 Å². The molecule has 698 valence electrons. The van der Waals surface area contributed by atoms with Crippen molar-refractivity contribution in [2.24, 2.45) is 10.8 Å². The van der Waals surface area contributed by atoms with Gasteiger partial charge in [0.1, 0.15) is 39.8 Å². The van der Waals surface area contributed by atoms with Crippen molar-refractivity contribution in [2.45, 2.75) is 160 Å². The van der Waals surface area contributed by atoms with E-state index in [0.29, 0.717) is 68.3 Å². The van der Waals surface area contributed by atoms with E-state index in [9.17, 15) is 19.2 Å². The SMILES string of the molecule is C1CNCCNCCN1.CCc1cc(C#Cc2ccc(C(C)CC(=O)OC(C)(C)C)cc2)cc(C(=O)OC)n1.COC(=O)c1cc(C#Cc2ccc(OCC(=O)OC(C)(C)C)cc2)cc(CN2CCN(Cc3cc(C#Cc4ccc(OCC(C)(C)C)cc4)cc(C)n3)CCN(Cc3cc(C#Cc4ccc(OCC(C)(C)C)cc4)cc(C)n3)CC2)n1.O=C=O.O=C=O.O=C=O.O=C=O.